The van der Waals surface area contributed by atoms with E-state index in [0.717, 1.165) is 29.5 Å². The molecule has 0 saturated heterocycles. The van der Waals surface area contributed by atoms with Gasteiger partial charge in [0, 0.05) is 41.5 Å². The zero-order valence-electron chi connectivity index (χ0n) is 16.6. The molecule has 0 saturated carbocycles. The Morgan fingerprint density at radius 2 is 1.90 bits per heavy atom. The number of hydrogen-bond donors (Lipinski definition) is 2. The number of benzene rings is 2. The van der Waals surface area contributed by atoms with Crippen LogP contribution in [0.1, 0.15) is 23.0 Å². The molecule has 4 aromatic rings. The predicted octanol–water partition coefficient (Wildman–Crippen LogP) is 3.92. The molecule has 0 aliphatic heterocycles. The maximum absolute atomic E-state index is 11.9. The van der Waals surface area contributed by atoms with Crippen molar-refractivity contribution in [1.29, 1.82) is 0 Å². The van der Waals surface area contributed by atoms with Gasteiger partial charge in [0.1, 0.15) is 11.9 Å². The van der Waals surface area contributed by atoms with Crippen LogP contribution in [0.25, 0.3) is 10.8 Å². The van der Waals surface area contributed by atoms with E-state index >= 15 is 0 Å². The standard InChI is InChI=1S/C23H23N3O3S/c1-26(15-17-14-24-23(28)25-22(17)27)12-11-20(21-10-5-13-30-21)29-19-9-4-7-16-6-2-3-8-18(16)19/h2-10,13-14,20H,11-12,15H2,1H3,(H2,24,25,27,28)/t20-/m1/s1. The summed E-state index contributed by atoms with van der Waals surface area (Å²) < 4.78 is 6.48. The van der Waals surface area contributed by atoms with Crippen LogP contribution < -0.4 is 16.0 Å². The van der Waals surface area contributed by atoms with Gasteiger partial charge in [-0.3, -0.25) is 9.78 Å². The van der Waals surface area contributed by atoms with Gasteiger partial charge in [0.2, 0.25) is 0 Å². The molecule has 0 bridgehead atoms. The van der Waals surface area contributed by atoms with Gasteiger partial charge in [-0.1, -0.05) is 42.5 Å². The number of H-pyrrole nitrogens is 2. The first-order valence-corrected chi connectivity index (χ1v) is 10.7. The molecular weight excluding hydrogens is 398 g/mol. The van der Waals surface area contributed by atoms with Crippen LogP contribution in [0.15, 0.2) is 75.8 Å². The Balaban J connectivity index is 1.49. The zero-order chi connectivity index (χ0) is 20.9. The molecule has 7 heteroatoms. The number of aromatic amines is 2. The Labute approximate surface area is 177 Å². The Morgan fingerprint density at radius 3 is 2.70 bits per heavy atom. The van der Waals surface area contributed by atoms with Gasteiger partial charge in [0.05, 0.1) is 0 Å². The van der Waals surface area contributed by atoms with Crippen LogP contribution in [0.2, 0.25) is 0 Å². The minimum absolute atomic E-state index is 0.0906. The molecular formula is C23H23N3O3S. The first-order valence-electron chi connectivity index (χ1n) is 9.77. The van der Waals surface area contributed by atoms with E-state index in [2.05, 4.69) is 44.5 Å². The maximum atomic E-state index is 11.9. The van der Waals surface area contributed by atoms with E-state index in [1.165, 1.54) is 11.1 Å². The highest BCUT2D eigenvalue weighted by Crippen LogP contribution is 2.32. The van der Waals surface area contributed by atoms with Gasteiger partial charge in [0.25, 0.3) is 5.56 Å². The second kappa shape index (κ2) is 9.11. The number of hydrogen-bond acceptors (Lipinski definition) is 5. The number of ether oxygens (including phenoxy) is 1. The summed E-state index contributed by atoms with van der Waals surface area (Å²) in [5.41, 5.74) is -0.320. The normalized spacial score (nSPS) is 12.3. The Hall–Kier alpha value is -3.16. The Kier molecular flexibility index (Phi) is 6.11. The average molecular weight is 422 g/mol. The van der Waals surface area contributed by atoms with E-state index in [9.17, 15) is 9.59 Å². The molecule has 0 aliphatic carbocycles. The molecule has 1 atom stereocenters. The van der Waals surface area contributed by atoms with E-state index < -0.39 is 5.69 Å². The molecule has 2 aromatic heterocycles. The highest BCUT2D eigenvalue weighted by atomic mass is 32.1. The zero-order valence-corrected chi connectivity index (χ0v) is 17.4. The van der Waals surface area contributed by atoms with Crippen molar-refractivity contribution in [2.24, 2.45) is 0 Å². The topological polar surface area (TPSA) is 78.2 Å². The summed E-state index contributed by atoms with van der Waals surface area (Å²) in [7, 11) is 1.95. The first-order chi connectivity index (χ1) is 14.6. The third-order valence-corrected chi connectivity index (χ3v) is 5.95. The summed E-state index contributed by atoms with van der Waals surface area (Å²) in [6.45, 7) is 1.17. The van der Waals surface area contributed by atoms with Crippen molar-refractivity contribution < 1.29 is 4.74 Å². The fourth-order valence-corrected chi connectivity index (χ4v) is 4.24. The lowest BCUT2D eigenvalue weighted by Gasteiger charge is -2.23. The lowest BCUT2D eigenvalue weighted by Crippen LogP contribution is -2.29. The van der Waals surface area contributed by atoms with Gasteiger partial charge in [0.15, 0.2) is 0 Å². The molecule has 0 aliphatic rings. The largest absolute Gasteiger partial charge is 0.484 e. The number of nitrogens with one attached hydrogen (secondary N) is 2. The summed E-state index contributed by atoms with van der Waals surface area (Å²) in [5, 5.41) is 4.29. The SMILES string of the molecule is CN(CC[C@@H](Oc1cccc2ccccc12)c1cccs1)Cc1c[nH]c(=O)[nH]c1=O. The fourth-order valence-electron chi connectivity index (χ4n) is 3.45. The van der Waals surface area contributed by atoms with Crippen LogP contribution in [0, 0.1) is 0 Å². The third-order valence-electron chi connectivity index (χ3n) is 4.99. The molecule has 30 heavy (non-hydrogen) atoms. The van der Waals surface area contributed by atoms with Crippen molar-refractivity contribution in [2.45, 2.75) is 19.1 Å². The molecule has 6 nitrogen and oxygen atoms in total. The Morgan fingerprint density at radius 1 is 1.07 bits per heavy atom. The molecule has 154 valence electrons. The van der Waals surface area contributed by atoms with Crippen molar-refractivity contribution in [2.75, 3.05) is 13.6 Å². The molecule has 0 fully saturated rings. The number of nitrogens with zero attached hydrogens (tertiary/aromatic N) is 1. The van der Waals surface area contributed by atoms with Crippen molar-refractivity contribution in [3.8, 4) is 5.75 Å². The second-order valence-electron chi connectivity index (χ2n) is 7.22. The number of rotatable bonds is 8. The third kappa shape index (κ3) is 4.69. The average Bonchev–Trinajstić information content (AvgIpc) is 3.28. The van der Waals surface area contributed by atoms with E-state index in [1.807, 2.05) is 37.4 Å². The minimum atomic E-state index is -0.493. The van der Waals surface area contributed by atoms with E-state index in [1.54, 1.807) is 11.3 Å². The van der Waals surface area contributed by atoms with Crippen LogP contribution in [0.3, 0.4) is 0 Å². The van der Waals surface area contributed by atoms with Crippen molar-refractivity contribution in [1.82, 2.24) is 14.9 Å². The van der Waals surface area contributed by atoms with Crippen molar-refractivity contribution in [3.05, 3.63) is 97.5 Å². The van der Waals surface area contributed by atoms with Crippen LogP contribution in [-0.4, -0.2) is 28.5 Å². The second-order valence-corrected chi connectivity index (χ2v) is 8.20. The summed E-state index contributed by atoms with van der Waals surface area (Å²) in [6, 6.07) is 18.4. The molecule has 0 spiro atoms. The molecule has 2 heterocycles. The van der Waals surface area contributed by atoms with E-state index in [0.29, 0.717) is 12.1 Å². The lowest BCUT2D eigenvalue weighted by atomic mass is 10.1. The van der Waals surface area contributed by atoms with Gasteiger partial charge in [-0.15, -0.1) is 11.3 Å². The van der Waals surface area contributed by atoms with Gasteiger partial charge in [-0.2, -0.15) is 0 Å². The summed E-state index contributed by atoms with van der Waals surface area (Å²) in [5.74, 6) is 0.867. The molecule has 4 rings (SSSR count). The van der Waals surface area contributed by atoms with Crippen molar-refractivity contribution in [3.63, 3.8) is 0 Å². The van der Waals surface area contributed by atoms with Crippen LogP contribution in [-0.2, 0) is 6.54 Å². The highest BCUT2D eigenvalue weighted by Gasteiger charge is 2.17. The number of thiophene rings is 1. The molecule has 2 N–H and O–H groups in total. The summed E-state index contributed by atoms with van der Waals surface area (Å²) >= 11 is 1.68. The number of aromatic nitrogens is 2. The monoisotopic (exact) mass is 421 g/mol. The number of fused-ring (bicyclic) bond motifs is 1. The highest BCUT2D eigenvalue weighted by molar-refractivity contribution is 7.10. The van der Waals surface area contributed by atoms with Crippen LogP contribution in [0.4, 0.5) is 0 Å². The smallest absolute Gasteiger partial charge is 0.325 e. The van der Waals surface area contributed by atoms with E-state index in [4.69, 9.17) is 4.74 Å². The van der Waals surface area contributed by atoms with Gasteiger partial charge in [-0.05, 0) is 29.9 Å². The predicted molar refractivity (Wildman–Crippen MR) is 120 cm³/mol. The van der Waals surface area contributed by atoms with Crippen molar-refractivity contribution >= 4 is 22.1 Å². The molecule has 0 radical (unpaired) electrons. The van der Waals surface area contributed by atoms with Gasteiger partial charge >= 0.3 is 5.69 Å². The molecule has 0 unspecified atom stereocenters. The van der Waals surface area contributed by atoms with Crippen LogP contribution in [0.5, 0.6) is 5.75 Å². The Bertz CT molecular complexity index is 1220. The van der Waals surface area contributed by atoms with Crippen LogP contribution >= 0.6 is 11.3 Å². The summed E-state index contributed by atoms with van der Waals surface area (Å²) in [4.78, 5) is 31.1. The summed E-state index contributed by atoms with van der Waals surface area (Å²) in [6.07, 6.45) is 2.15. The quantitative estimate of drug-likeness (QED) is 0.452. The fraction of sp³-hybridized carbons (Fsp3) is 0.217. The van der Waals surface area contributed by atoms with E-state index in [-0.39, 0.29) is 11.7 Å². The molecule has 2 aromatic carbocycles. The first kappa shape index (κ1) is 20.1. The molecule has 0 amide bonds. The van der Waals surface area contributed by atoms with Gasteiger partial charge in [-0.25, -0.2) is 4.79 Å². The lowest BCUT2D eigenvalue weighted by molar-refractivity contribution is 0.176. The minimum Gasteiger partial charge on any atom is -0.484 e. The van der Waals surface area contributed by atoms with Gasteiger partial charge < -0.3 is 14.6 Å². The maximum Gasteiger partial charge on any atom is 0.325 e.